The molecule has 1 aliphatic carbocycles. The molecule has 22 heavy (non-hydrogen) atoms. The second-order valence-corrected chi connectivity index (χ2v) is 6.05. The van der Waals surface area contributed by atoms with Crippen molar-refractivity contribution in [3.05, 3.63) is 63.9 Å². The lowest BCUT2D eigenvalue weighted by Gasteiger charge is -2.34. The van der Waals surface area contributed by atoms with Gasteiger partial charge in [0.1, 0.15) is 10.2 Å². The third-order valence-corrected chi connectivity index (χ3v) is 4.50. The first-order valence-electron chi connectivity index (χ1n) is 7.37. The van der Waals surface area contributed by atoms with Gasteiger partial charge >= 0.3 is 0 Å². The molecule has 1 aromatic carbocycles. The molecular formula is C17H18N2O2S. The van der Waals surface area contributed by atoms with E-state index in [1.807, 2.05) is 24.3 Å². The minimum Gasteiger partial charge on any atom is -0.383 e. The van der Waals surface area contributed by atoms with Crippen molar-refractivity contribution in [3.63, 3.8) is 0 Å². The predicted molar refractivity (Wildman–Crippen MR) is 87.2 cm³/mol. The van der Waals surface area contributed by atoms with E-state index >= 15 is 0 Å². The van der Waals surface area contributed by atoms with Crippen molar-refractivity contribution >= 4 is 18.1 Å². The molecule has 3 rings (SSSR count). The molecule has 1 aromatic heterocycles. The van der Waals surface area contributed by atoms with Gasteiger partial charge in [0.25, 0.3) is 5.91 Å². The third-order valence-electron chi connectivity index (χ3n) is 4.16. The Balaban J connectivity index is 1.78. The number of nitrogens with one attached hydrogen (secondary N) is 2. The summed E-state index contributed by atoms with van der Waals surface area (Å²) in [5.41, 5.74) is 1.48. The van der Waals surface area contributed by atoms with E-state index in [2.05, 4.69) is 10.3 Å². The van der Waals surface area contributed by atoms with Crippen molar-refractivity contribution in [1.29, 1.82) is 0 Å². The number of aliphatic hydroxyl groups is 1. The third kappa shape index (κ3) is 2.82. The number of amides is 1. The summed E-state index contributed by atoms with van der Waals surface area (Å²) in [6.45, 7) is 0.187. The number of carbonyl (C=O) groups excluding carboxylic acids is 1. The summed E-state index contributed by atoms with van der Waals surface area (Å²) in [4.78, 5) is 15.1. The highest BCUT2D eigenvalue weighted by Crippen LogP contribution is 2.34. The smallest absolute Gasteiger partial charge is 0.254 e. The molecule has 0 spiro atoms. The molecule has 4 nitrogen and oxygen atoms in total. The SMILES string of the molecule is O=C(NCC1(O)CCCc2ccccc21)c1ccc[nH]c1=S. The second-order valence-electron chi connectivity index (χ2n) is 5.64. The molecule has 0 saturated carbocycles. The van der Waals surface area contributed by atoms with Crippen LogP contribution in [0, 0.1) is 4.64 Å². The lowest BCUT2D eigenvalue weighted by Crippen LogP contribution is -2.43. The Kier molecular flexibility index (Phi) is 4.09. The van der Waals surface area contributed by atoms with E-state index in [1.165, 1.54) is 0 Å². The van der Waals surface area contributed by atoms with Crippen LogP contribution in [0.4, 0.5) is 0 Å². The molecule has 0 radical (unpaired) electrons. The average molecular weight is 314 g/mol. The first-order valence-corrected chi connectivity index (χ1v) is 7.78. The molecular weight excluding hydrogens is 296 g/mol. The normalized spacial score (nSPS) is 20.2. The number of fused-ring (bicyclic) bond motifs is 1. The van der Waals surface area contributed by atoms with Crippen LogP contribution in [0.1, 0.15) is 34.3 Å². The van der Waals surface area contributed by atoms with Crippen molar-refractivity contribution in [2.75, 3.05) is 6.54 Å². The first-order chi connectivity index (χ1) is 10.6. The van der Waals surface area contributed by atoms with E-state index in [1.54, 1.807) is 18.3 Å². The van der Waals surface area contributed by atoms with Crippen LogP contribution in [-0.4, -0.2) is 22.5 Å². The average Bonchev–Trinajstić information content (AvgIpc) is 2.54. The van der Waals surface area contributed by atoms with Gasteiger partial charge in [-0.05, 0) is 42.5 Å². The van der Waals surface area contributed by atoms with Crippen LogP contribution >= 0.6 is 12.2 Å². The van der Waals surface area contributed by atoms with Gasteiger partial charge in [-0.15, -0.1) is 0 Å². The molecule has 3 N–H and O–H groups in total. The largest absolute Gasteiger partial charge is 0.383 e. The lowest BCUT2D eigenvalue weighted by molar-refractivity contribution is 0.0189. The van der Waals surface area contributed by atoms with E-state index in [9.17, 15) is 9.90 Å². The molecule has 2 aromatic rings. The van der Waals surface area contributed by atoms with E-state index in [0.29, 0.717) is 16.6 Å². The maximum Gasteiger partial charge on any atom is 0.254 e. The minimum atomic E-state index is -1.01. The number of hydrogen-bond acceptors (Lipinski definition) is 3. The Morgan fingerprint density at radius 3 is 2.95 bits per heavy atom. The number of aryl methyl sites for hydroxylation is 1. The number of rotatable bonds is 3. The molecule has 114 valence electrons. The van der Waals surface area contributed by atoms with E-state index in [4.69, 9.17) is 12.2 Å². The Morgan fingerprint density at radius 1 is 1.32 bits per heavy atom. The van der Waals surface area contributed by atoms with Crippen LogP contribution < -0.4 is 5.32 Å². The van der Waals surface area contributed by atoms with Gasteiger partial charge in [0, 0.05) is 6.20 Å². The van der Waals surface area contributed by atoms with Gasteiger partial charge in [-0.2, -0.15) is 0 Å². The molecule has 5 heteroatoms. The molecule has 0 bridgehead atoms. The maximum absolute atomic E-state index is 12.3. The van der Waals surface area contributed by atoms with Gasteiger partial charge in [0.2, 0.25) is 0 Å². The van der Waals surface area contributed by atoms with Gasteiger partial charge in [-0.25, -0.2) is 0 Å². The van der Waals surface area contributed by atoms with Crippen LogP contribution in [0.3, 0.4) is 0 Å². The topological polar surface area (TPSA) is 65.1 Å². The number of carbonyl (C=O) groups is 1. The summed E-state index contributed by atoms with van der Waals surface area (Å²) in [5, 5.41) is 13.8. The standard InChI is InChI=1S/C17H18N2O2S/c20-15(13-7-4-10-18-16(13)22)19-11-17(21)9-3-6-12-5-1-2-8-14(12)17/h1-2,4-5,7-8,10,21H,3,6,9,11H2,(H,18,22)(H,19,20). The van der Waals surface area contributed by atoms with Gasteiger partial charge in [0.05, 0.1) is 12.1 Å². The molecule has 1 atom stereocenters. The fraction of sp³-hybridized carbons (Fsp3) is 0.294. The number of aromatic amines is 1. The first kappa shape index (κ1) is 14.9. The molecule has 1 unspecified atom stereocenters. The summed E-state index contributed by atoms with van der Waals surface area (Å²) >= 11 is 5.11. The quantitative estimate of drug-likeness (QED) is 0.763. The summed E-state index contributed by atoms with van der Waals surface area (Å²) in [5.74, 6) is -0.265. The molecule has 1 heterocycles. The van der Waals surface area contributed by atoms with Crippen molar-refractivity contribution < 1.29 is 9.90 Å². The highest BCUT2D eigenvalue weighted by atomic mass is 32.1. The van der Waals surface area contributed by atoms with E-state index in [0.717, 1.165) is 24.0 Å². The van der Waals surface area contributed by atoms with E-state index < -0.39 is 5.60 Å². The molecule has 0 saturated heterocycles. The number of hydrogen-bond donors (Lipinski definition) is 3. The van der Waals surface area contributed by atoms with Gasteiger partial charge < -0.3 is 15.4 Å². The van der Waals surface area contributed by atoms with E-state index in [-0.39, 0.29) is 12.5 Å². The highest BCUT2D eigenvalue weighted by molar-refractivity contribution is 7.71. The fourth-order valence-corrected chi connectivity index (χ4v) is 3.23. The van der Waals surface area contributed by atoms with Crippen LogP contribution in [0.5, 0.6) is 0 Å². The Morgan fingerprint density at radius 2 is 2.14 bits per heavy atom. The van der Waals surface area contributed by atoms with Gasteiger partial charge in [-0.1, -0.05) is 36.5 Å². The van der Waals surface area contributed by atoms with Crippen LogP contribution in [0.2, 0.25) is 0 Å². The minimum absolute atomic E-state index is 0.187. The number of pyridine rings is 1. The zero-order valence-corrected chi connectivity index (χ0v) is 13.0. The van der Waals surface area contributed by atoms with Crippen molar-refractivity contribution in [1.82, 2.24) is 10.3 Å². The Hall–Kier alpha value is -1.98. The maximum atomic E-state index is 12.3. The van der Waals surface area contributed by atoms with Crippen molar-refractivity contribution in [3.8, 4) is 0 Å². The second kappa shape index (κ2) is 6.02. The van der Waals surface area contributed by atoms with Crippen molar-refractivity contribution in [2.45, 2.75) is 24.9 Å². The summed E-state index contributed by atoms with van der Waals surface area (Å²) in [6, 6.07) is 11.3. The predicted octanol–water partition coefficient (Wildman–Crippen LogP) is 2.70. The van der Waals surface area contributed by atoms with Crippen LogP contribution in [-0.2, 0) is 12.0 Å². The summed E-state index contributed by atoms with van der Waals surface area (Å²) in [6.07, 6.45) is 4.21. The zero-order valence-electron chi connectivity index (χ0n) is 12.1. The summed E-state index contributed by atoms with van der Waals surface area (Å²) < 4.78 is 0.399. The van der Waals surface area contributed by atoms with Gasteiger partial charge in [0.15, 0.2) is 0 Å². The fourth-order valence-electron chi connectivity index (χ4n) is 3.00. The van der Waals surface area contributed by atoms with Crippen LogP contribution in [0.25, 0.3) is 0 Å². The van der Waals surface area contributed by atoms with Crippen LogP contribution in [0.15, 0.2) is 42.6 Å². The Bertz CT molecular complexity index is 756. The number of aromatic nitrogens is 1. The Labute approximate surface area is 134 Å². The molecule has 1 amide bonds. The molecule has 0 aliphatic heterocycles. The van der Waals surface area contributed by atoms with Crippen molar-refractivity contribution in [2.24, 2.45) is 0 Å². The zero-order chi connectivity index (χ0) is 15.6. The monoisotopic (exact) mass is 314 g/mol. The number of benzene rings is 1. The molecule has 1 aliphatic rings. The number of H-pyrrole nitrogens is 1. The summed E-state index contributed by atoms with van der Waals surface area (Å²) in [7, 11) is 0. The molecule has 0 fully saturated rings. The lowest BCUT2D eigenvalue weighted by atomic mass is 9.79. The van der Waals surface area contributed by atoms with Gasteiger partial charge in [-0.3, -0.25) is 4.79 Å². The highest BCUT2D eigenvalue weighted by Gasteiger charge is 2.34.